The predicted molar refractivity (Wildman–Crippen MR) is 127 cm³/mol. The number of carbonyl (C=O) groups is 2. The maximum Gasteiger partial charge on any atom is 0.255 e. The summed E-state index contributed by atoms with van der Waals surface area (Å²) < 4.78 is 10.4. The Morgan fingerprint density at radius 2 is 1.69 bits per heavy atom. The topological polar surface area (TPSA) is 89.5 Å². The summed E-state index contributed by atoms with van der Waals surface area (Å²) in [5.74, 6) is 1.04. The van der Waals surface area contributed by atoms with Crippen molar-refractivity contribution in [2.24, 2.45) is 0 Å². The summed E-state index contributed by atoms with van der Waals surface area (Å²) in [5.41, 5.74) is 1.08. The Hall–Kier alpha value is -3.23. The molecule has 0 spiro atoms. The van der Waals surface area contributed by atoms with Gasteiger partial charge in [0, 0.05) is 22.3 Å². The lowest BCUT2D eigenvalue weighted by Gasteiger charge is -2.12. The molecule has 2 N–H and O–H groups in total. The molecule has 7 nitrogen and oxygen atoms in total. The Balaban J connectivity index is 1.58. The molecule has 3 rings (SSSR count). The molecule has 2 aromatic carbocycles. The van der Waals surface area contributed by atoms with Crippen molar-refractivity contribution in [1.82, 2.24) is 4.98 Å². The molecule has 0 aliphatic carbocycles. The molecule has 1 atom stereocenters. The number of thioether (sulfide) groups is 1. The average molecular weight is 472 g/mol. The van der Waals surface area contributed by atoms with E-state index < -0.39 is 0 Å². The van der Waals surface area contributed by atoms with Gasteiger partial charge in [-0.15, -0.1) is 11.8 Å². The van der Waals surface area contributed by atoms with Crippen LogP contribution in [0.15, 0.2) is 65.7 Å². The largest absolute Gasteiger partial charge is 0.493 e. The molecule has 0 fully saturated rings. The molecular formula is C23H22ClN3O4S. The number of aromatic nitrogens is 1. The number of anilines is 2. The summed E-state index contributed by atoms with van der Waals surface area (Å²) in [6, 6.07) is 15.5. The van der Waals surface area contributed by atoms with Gasteiger partial charge in [0.25, 0.3) is 5.91 Å². The van der Waals surface area contributed by atoms with Gasteiger partial charge >= 0.3 is 0 Å². The first kappa shape index (κ1) is 23.4. The Morgan fingerprint density at radius 1 is 0.969 bits per heavy atom. The van der Waals surface area contributed by atoms with E-state index in [2.05, 4.69) is 15.6 Å². The normalized spacial score (nSPS) is 11.4. The molecule has 0 radical (unpaired) electrons. The third-order valence-corrected chi connectivity index (χ3v) is 5.75. The van der Waals surface area contributed by atoms with Crippen LogP contribution in [0.2, 0.25) is 5.02 Å². The molecule has 3 aromatic rings. The van der Waals surface area contributed by atoms with Crippen LogP contribution in [0.25, 0.3) is 0 Å². The van der Waals surface area contributed by atoms with Crippen LogP contribution < -0.4 is 20.1 Å². The van der Waals surface area contributed by atoms with Gasteiger partial charge in [0.05, 0.1) is 24.5 Å². The van der Waals surface area contributed by atoms with Gasteiger partial charge in [-0.25, -0.2) is 4.98 Å². The summed E-state index contributed by atoms with van der Waals surface area (Å²) >= 11 is 7.20. The fraction of sp³-hybridized carbons (Fsp3) is 0.174. The highest BCUT2D eigenvalue weighted by atomic mass is 35.5. The van der Waals surface area contributed by atoms with Crippen LogP contribution in [0.4, 0.5) is 11.5 Å². The number of hydrogen-bond donors (Lipinski definition) is 2. The number of hydrogen-bond acceptors (Lipinski definition) is 6. The van der Waals surface area contributed by atoms with Crippen molar-refractivity contribution in [2.75, 3.05) is 24.9 Å². The molecule has 1 unspecified atom stereocenters. The highest BCUT2D eigenvalue weighted by molar-refractivity contribution is 8.00. The first-order valence-electron chi connectivity index (χ1n) is 9.62. The van der Waals surface area contributed by atoms with Crippen molar-refractivity contribution in [3.8, 4) is 11.5 Å². The number of benzene rings is 2. The Morgan fingerprint density at radius 3 is 2.31 bits per heavy atom. The van der Waals surface area contributed by atoms with Crippen molar-refractivity contribution in [3.05, 3.63) is 71.4 Å². The van der Waals surface area contributed by atoms with Crippen LogP contribution in [0, 0.1) is 0 Å². The van der Waals surface area contributed by atoms with Crippen LogP contribution in [0.1, 0.15) is 17.3 Å². The van der Waals surface area contributed by atoms with E-state index in [1.54, 1.807) is 42.5 Å². The minimum absolute atomic E-state index is 0.171. The molecular weight excluding hydrogens is 450 g/mol. The second-order valence-corrected chi connectivity index (χ2v) is 8.51. The first-order chi connectivity index (χ1) is 15.4. The number of nitrogens with one attached hydrogen (secondary N) is 2. The number of carbonyl (C=O) groups excluding carboxylic acids is 2. The Bertz CT molecular complexity index is 1090. The highest BCUT2D eigenvalue weighted by Crippen LogP contribution is 2.29. The van der Waals surface area contributed by atoms with E-state index in [9.17, 15) is 9.59 Å². The summed E-state index contributed by atoms with van der Waals surface area (Å²) in [6.45, 7) is 1.81. The van der Waals surface area contributed by atoms with Crippen LogP contribution in [-0.4, -0.2) is 36.3 Å². The number of pyridine rings is 1. The van der Waals surface area contributed by atoms with E-state index in [4.69, 9.17) is 21.1 Å². The van der Waals surface area contributed by atoms with E-state index in [1.807, 2.05) is 19.1 Å². The SMILES string of the molecule is COc1ccc(C(=O)Nc2ccc(SC(C)C(=O)Nc3ccc(Cl)cn3)cc2)cc1OC. The van der Waals surface area contributed by atoms with Gasteiger partial charge in [-0.1, -0.05) is 11.6 Å². The minimum Gasteiger partial charge on any atom is -0.493 e. The lowest BCUT2D eigenvalue weighted by Crippen LogP contribution is -2.22. The maximum absolute atomic E-state index is 12.5. The van der Waals surface area contributed by atoms with Crippen molar-refractivity contribution >= 4 is 46.7 Å². The molecule has 0 saturated carbocycles. The second kappa shape index (κ2) is 10.9. The number of nitrogens with zero attached hydrogens (tertiary/aromatic N) is 1. The number of halogens is 1. The average Bonchev–Trinajstić information content (AvgIpc) is 2.81. The van der Waals surface area contributed by atoms with E-state index in [1.165, 1.54) is 32.2 Å². The molecule has 0 aliphatic heterocycles. The van der Waals surface area contributed by atoms with E-state index >= 15 is 0 Å². The predicted octanol–water partition coefficient (Wildman–Crippen LogP) is 5.12. The zero-order valence-electron chi connectivity index (χ0n) is 17.7. The second-order valence-electron chi connectivity index (χ2n) is 6.66. The van der Waals surface area contributed by atoms with Crippen LogP contribution in [0.3, 0.4) is 0 Å². The molecule has 32 heavy (non-hydrogen) atoms. The minimum atomic E-state index is -0.348. The molecule has 9 heteroatoms. The molecule has 166 valence electrons. The van der Waals surface area contributed by atoms with Crippen LogP contribution in [0.5, 0.6) is 11.5 Å². The van der Waals surface area contributed by atoms with Gasteiger partial charge in [-0.2, -0.15) is 0 Å². The van der Waals surface area contributed by atoms with Crippen LogP contribution in [-0.2, 0) is 4.79 Å². The third kappa shape index (κ3) is 6.15. The molecule has 1 heterocycles. The van der Waals surface area contributed by atoms with Gasteiger partial charge in [0.1, 0.15) is 5.82 Å². The lowest BCUT2D eigenvalue weighted by atomic mass is 10.2. The van der Waals surface area contributed by atoms with Gasteiger partial charge in [-0.05, 0) is 61.5 Å². The van der Waals surface area contributed by atoms with Crippen molar-refractivity contribution in [2.45, 2.75) is 17.1 Å². The standard InChI is InChI=1S/C23H22ClN3O4S/c1-14(22(28)27-21-11-5-16(24)13-25-21)32-18-8-6-17(7-9-18)26-23(29)15-4-10-19(30-2)20(12-15)31-3/h4-14H,1-3H3,(H,26,29)(H,25,27,28). The number of rotatable bonds is 8. The van der Waals surface area contributed by atoms with Crippen molar-refractivity contribution in [1.29, 1.82) is 0 Å². The molecule has 0 saturated heterocycles. The van der Waals surface area contributed by atoms with Gasteiger partial charge < -0.3 is 20.1 Å². The quantitative estimate of drug-likeness (QED) is 0.443. The van der Waals surface area contributed by atoms with Crippen LogP contribution >= 0.6 is 23.4 Å². The Kier molecular flexibility index (Phi) is 7.97. The fourth-order valence-electron chi connectivity index (χ4n) is 2.73. The summed E-state index contributed by atoms with van der Waals surface area (Å²) in [4.78, 5) is 29.9. The highest BCUT2D eigenvalue weighted by Gasteiger charge is 2.16. The van der Waals surface area contributed by atoms with Crippen molar-refractivity contribution < 1.29 is 19.1 Å². The Labute approximate surface area is 195 Å². The summed E-state index contributed by atoms with van der Waals surface area (Å²) in [7, 11) is 3.05. The van der Waals surface area contributed by atoms with Gasteiger partial charge in [0.15, 0.2) is 11.5 Å². The monoisotopic (exact) mass is 471 g/mol. The van der Waals surface area contributed by atoms with E-state index in [-0.39, 0.29) is 17.1 Å². The smallest absolute Gasteiger partial charge is 0.255 e. The number of ether oxygens (including phenoxy) is 2. The van der Waals surface area contributed by atoms with E-state index in [0.717, 1.165) is 4.90 Å². The first-order valence-corrected chi connectivity index (χ1v) is 10.9. The molecule has 1 aromatic heterocycles. The zero-order chi connectivity index (χ0) is 23.1. The molecule has 0 bridgehead atoms. The summed E-state index contributed by atoms with van der Waals surface area (Å²) in [6.07, 6.45) is 1.48. The number of methoxy groups -OCH3 is 2. The summed E-state index contributed by atoms with van der Waals surface area (Å²) in [5, 5.41) is 5.76. The molecule has 2 amide bonds. The third-order valence-electron chi connectivity index (χ3n) is 4.42. The lowest BCUT2D eigenvalue weighted by molar-refractivity contribution is -0.115. The van der Waals surface area contributed by atoms with Gasteiger partial charge in [0.2, 0.25) is 5.91 Å². The van der Waals surface area contributed by atoms with Gasteiger partial charge in [-0.3, -0.25) is 9.59 Å². The van der Waals surface area contributed by atoms with Crippen molar-refractivity contribution in [3.63, 3.8) is 0 Å². The zero-order valence-corrected chi connectivity index (χ0v) is 19.3. The fourth-order valence-corrected chi connectivity index (χ4v) is 3.71. The van der Waals surface area contributed by atoms with E-state index in [0.29, 0.717) is 33.6 Å². The number of amides is 2. The molecule has 0 aliphatic rings. The maximum atomic E-state index is 12.5.